The van der Waals surface area contributed by atoms with Gasteiger partial charge in [0.1, 0.15) is 5.69 Å². The van der Waals surface area contributed by atoms with Gasteiger partial charge in [0.2, 0.25) is 11.3 Å². The lowest BCUT2D eigenvalue weighted by Gasteiger charge is -2.34. The Labute approximate surface area is 230 Å². The summed E-state index contributed by atoms with van der Waals surface area (Å²) >= 11 is 16.3. The second-order valence-electron chi connectivity index (χ2n) is 8.69. The molecule has 0 aliphatic carbocycles. The molecule has 188 valence electrons. The number of hydrogen-bond acceptors (Lipinski definition) is 6. The molecule has 3 heterocycles. The standard InChI is InChI=1S/C27H19BrCl2N2O5/c1-4-18(34)24-23-20-21(27(3,26(35)32-23)37-12(2)33)19(13-5-8-15(29)9-6-13)22(31-25(20)36-24)16-10-7-14(28)11-17(16)30/h5-11H,4H2,1-3H3,(H,32,35). The van der Waals surface area contributed by atoms with Crippen LogP contribution in [0.15, 0.2) is 51.4 Å². The number of furan rings is 1. The second kappa shape index (κ2) is 9.28. The summed E-state index contributed by atoms with van der Waals surface area (Å²) in [6, 6.07) is 12.3. The Morgan fingerprint density at radius 1 is 1.16 bits per heavy atom. The Morgan fingerprint density at radius 3 is 2.49 bits per heavy atom. The van der Waals surface area contributed by atoms with Crippen LogP contribution in [0.4, 0.5) is 5.69 Å². The van der Waals surface area contributed by atoms with Crippen molar-refractivity contribution in [3.8, 4) is 22.4 Å². The largest absolute Gasteiger partial charge is 0.444 e. The molecule has 0 spiro atoms. The minimum atomic E-state index is -1.78. The van der Waals surface area contributed by atoms with Crippen molar-refractivity contribution in [2.24, 2.45) is 0 Å². The number of benzene rings is 2. The number of ketones is 1. The van der Waals surface area contributed by atoms with Crippen molar-refractivity contribution in [2.45, 2.75) is 32.8 Å². The molecule has 0 radical (unpaired) electrons. The topological polar surface area (TPSA) is 98.5 Å². The lowest BCUT2D eigenvalue weighted by molar-refractivity contribution is -0.163. The van der Waals surface area contributed by atoms with E-state index in [0.29, 0.717) is 43.4 Å². The van der Waals surface area contributed by atoms with Crippen LogP contribution in [0.3, 0.4) is 0 Å². The van der Waals surface area contributed by atoms with Crippen molar-refractivity contribution < 1.29 is 23.5 Å². The summed E-state index contributed by atoms with van der Waals surface area (Å²) in [6.45, 7) is 4.42. The van der Waals surface area contributed by atoms with Crippen molar-refractivity contribution in [1.29, 1.82) is 0 Å². The maximum Gasteiger partial charge on any atom is 0.304 e. The van der Waals surface area contributed by atoms with Crippen LogP contribution in [0.25, 0.3) is 33.5 Å². The number of halogens is 3. The predicted octanol–water partition coefficient (Wildman–Crippen LogP) is 7.55. The molecule has 1 aliphatic rings. The molecule has 10 heteroatoms. The normalized spacial score (nSPS) is 16.5. The Hall–Kier alpha value is -3.20. The predicted molar refractivity (Wildman–Crippen MR) is 145 cm³/mol. The van der Waals surface area contributed by atoms with Crippen molar-refractivity contribution in [3.05, 3.63) is 68.3 Å². The van der Waals surface area contributed by atoms with E-state index in [0.717, 1.165) is 4.47 Å². The van der Waals surface area contributed by atoms with E-state index in [-0.39, 0.29) is 29.4 Å². The Kier molecular flexibility index (Phi) is 6.38. The quantitative estimate of drug-likeness (QED) is 0.187. The first-order valence-electron chi connectivity index (χ1n) is 11.3. The summed E-state index contributed by atoms with van der Waals surface area (Å²) in [4.78, 5) is 43.4. The summed E-state index contributed by atoms with van der Waals surface area (Å²) in [5.74, 6) is -1.63. The molecule has 1 aliphatic heterocycles. The van der Waals surface area contributed by atoms with Crippen LogP contribution in [0.5, 0.6) is 0 Å². The monoisotopic (exact) mass is 600 g/mol. The van der Waals surface area contributed by atoms with Crippen molar-refractivity contribution in [2.75, 3.05) is 5.32 Å². The van der Waals surface area contributed by atoms with Crippen LogP contribution >= 0.6 is 39.1 Å². The molecule has 2 aromatic carbocycles. The number of aromatic nitrogens is 1. The Morgan fingerprint density at radius 2 is 1.86 bits per heavy atom. The number of Topliss-reactive ketones (excluding diaryl/α,β-unsaturated/α-hetero) is 1. The van der Waals surface area contributed by atoms with E-state index in [9.17, 15) is 14.4 Å². The molecule has 0 bridgehead atoms. The SMILES string of the molecule is CCC(=O)c1oc2nc(-c3ccc(Br)cc3Cl)c(-c3ccc(Cl)cc3)c3c2c1NC(=O)C3(C)OC(C)=O. The van der Waals surface area contributed by atoms with Gasteiger partial charge < -0.3 is 14.5 Å². The van der Waals surface area contributed by atoms with Crippen molar-refractivity contribution in [1.82, 2.24) is 4.98 Å². The van der Waals surface area contributed by atoms with Crippen molar-refractivity contribution >= 4 is 73.6 Å². The first kappa shape index (κ1) is 25.4. The number of nitrogens with one attached hydrogen (secondary N) is 1. The zero-order valence-electron chi connectivity index (χ0n) is 19.9. The zero-order chi connectivity index (χ0) is 26.6. The van der Waals surface area contributed by atoms with Crippen LogP contribution in [0, 0.1) is 0 Å². The molecule has 1 amide bonds. The Balaban J connectivity index is 2.02. The lowest BCUT2D eigenvalue weighted by atomic mass is 9.81. The van der Waals surface area contributed by atoms with E-state index in [2.05, 4.69) is 21.2 Å². The number of pyridine rings is 1. The van der Waals surface area contributed by atoms with Gasteiger partial charge in [0.25, 0.3) is 5.91 Å². The van der Waals surface area contributed by atoms with E-state index >= 15 is 0 Å². The maximum absolute atomic E-state index is 13.6. The highest BCUT2D eigenvalue weighted by molar-refractivity contribution is 9.10. The third-order valence-corrected chi connectivity index (χ3v) is 7.29. The fourth-order valence-electron chi connectivity index (χ4n) is 4.59. The van der Waals surface area contributed by atoms with E-state index in [4.69, 9.17) is 37.3 Å². The van der Waals surface area contributed by atoms with Gasteiger partial charge in [-0.1, -0.05) is 64.3 Å². The molecular weight excluding hydrogens is 583 g/mol. The summed E-state index contributed by atoms with van der Waals surface area (Å²) in [6.07, 6.45) is 0.147. The lowest BCUT2D eigenvalue weighted by Crippen LogP contribution is -2.44. The van der Waals surface area contributed by atoms with E-state index in [1.165, 1.54) is 13.8 Å². The average molecular weight is 602 g/mol. The third-order valence-electron chi connectivity index (χ3n) is 6.23. The molecule has 4 aromatic rings. The van der Waals surface area contributed by atoms with Gasteiger partial charge in [-0.3, -0.25) is 14.4 Å². The molecule has 0 fully saturated rings. The molecule has 1 unspecified atom stereocenters. The number of nitrogens with zero attached hydrogens (tertiary/aromatic N) is 1. The molecule has 0 saturated carbocycles. The number of amides is 1. The first-order chi connectivity index (χ1) is 17.5. The van der Waals surface area contributed by atoms with Gasteiger partial charge in [-0.25, -0.2) is 4.98 Å². The second-order valence-corrected chi connectivity index (χ2v) is 10.4. The third kappa shape index (κ3) is 4.13. The fraction of sp³-hybridized carbons (Fsp3) is 0.185. The minimum absolute atomic E-state index is 0.0226. The number of anilines is 1. The number of hydrogen-bond donors (Lipinski definition) is 1. The van der Waals surface area contributed by atoms with Gasteiger partial charge in [-0.15, -0.1) is 0 Å². The van der Waals surface area contributed by atoms with E-state index in [1.807, 2.05) is 6.07 Å². The molecule has 1 N–H and O–H groups in total. The summed E-state index contributed by atoms with van der Waals surface area (Å²) in [5.41, 5.74) is 0.922. The van der Waals surface area contributed by atoms with Gasteiger partial charge >= 0.3 is 5.97 Å². The van der Waals surface area contributed by atoms with Crippen LogP contribution in [0.1, 0.15) is 43.3 Å². The van der Waals surface area contributed by atoms with Gasteiger partial charge in [0.05, 0.1) is 16.1 Å². The number of carbonyl (C=O) groups is 3. The van der Waals surface area contributed by atoms with Gasteiger partial charge in [0, 0.05) is 39.5 Å². The van der Waals surface area contributed by atoms with E-state index in [1.54, 1.807) is 43.3 Å². The van der Waals surface area contributed by atoms with Gasteiger partial charge in [0.15, 0.2) is 11.5 Å². The fourth-order valence-corrected chi connectivity index (χ4v) is 5.48. The van der Waals surface area contributed by atoms with Crippen LogP contribution in [-0.4, -0.2) is 22.6 Å². The molecular formula is C27H19BrCl2N2O5. The van der Waals surface area contributed by atoms with Crippen LogP contribution in [-0.2, 0) is 19.9 Å². The van der Waals surface area contributed by atoms with Crippen LogP contribution < -0.4 is 5.32 Å². The molecule has 5 rings (SSSR count). The highest BCUT2D eigenvalue weighted by Gasteiger charge is 2.49. The van der Waals surface area contributed by atoms with E-state index < -0.39 is 17.5 Å². The minimum Gasteiger partial charge on any atom is -0.444 e. The summed E-state index contributed by atoms with van der Waals surface area (Å²) < 4.78 is 12.4. The summed E-state index contributed by atoms with van der Waals surface area (Å²) in [5, 5.41) is 4.00. The highest BCUT2D eigenvalue weighted by Crippen LogP contribution is 2.51. The molecule has 1 atom stereocenters. The summed E-state index contributed by atoms with van der Waals surface area (Å²) in [7, 11) is 0. The number of carbonyl (C=O) groups excluding carboxylic acids is 3. The van der Waals surface area contributed by atoms with Crippen molar-refractivity contribution in [3.63, 3.8) is 0 Å². The number of ether oxygens (including phenoxy) is 1. The molecule has 2 aromatic heterocycles. The molecule has 7 nitrogen and oxygen atoms in total. The van der Waals surface area contributed by atoms with Gasteiger partial charge in [-0.2, -0.15) is 0 Å². The zero-order valence-corrected chi connectivity index (χ0v) is 23.0. The average Bonchev–Trinajstić information content (AvgIpc) is 3.20. The molecule has 0 saturated heterocycles. The smallest absolute Gasteiger partial charge is 0.304 e. The Bertz CT molecular complexity index is 1630. The highest BCUT2D eigenvalue weighted by atomic mass is 79.9. The molecule has 37 heavy (non-hydrogen) atoms. The maximum atomic E-state index is 13.6. The van der Waals surface area contributed by atoms with Crippen LogP contribution in [0.2, 0.25) is 10.0 Å². The number of rotatable bonds is 5. The van der Waals surface area contributed by atoms with Gasteiger partial charge in [-0.05, 0) is 36.8 Å². The first-order valence-corrected chi connectivity index (χ1v) is 12.9. The number of esters is 1.